The summed E-state index contributed by atoms with van der Waals surface area (Å²) in [4.78, 5) is 37.8. The van der Waals surface area contributed by atoms with Gasteiger partial charge in [0, 0.05) is 30.0 Å². The number of nitrogens with one attached hydrogen (secondary N) is 1. The highest BCUT2D eigenvalue weighted by Gasteiger charge is 2.19. The molecule has 0 spiro atoms. The van der Waals surface area contributed by atoms with E-state index in [9.17, 15) is 9.59 Å². The molecule has 2 rings (SSSR count). The van der Waals surface area contributed by atoms with E-state index in [4.69, 9.17) is 0 Å². The van der Waals surface area contributed by atoms with Crippen molar-refractivity contribution in [3.8, 4) is 11.5 Å². The van der Waals surface area contributed by atoms with Crippen LogP contribution in [0, 0.1) is 6.92 Å². The molecule has 6 heteroatoms. The van der Waals surface area contributed by atoms with Crippen molar-refractivity contribution in [3.05, 3.63) is 46.0 Å². The normalized spacial score (nSPS) is 10.8. The van der Waals surface area contributed by atoms with Crippen molar-refractivity contribution in [2.75, 3.05) is 6.54 Å². The van der Waals surface area contributed by atoms with Crippen LogP contribution in [0.25, 0.3) is 11.5 Å². The quantitative estimate of drug-likeness (QED) is 0.914. The van der Waals surface area contributed by atoms with E-state index in [1.807, 2.05) is 26.8 Å². The summed E-state index contributed by atoms with van der Waals surface area (Å²) in [5, 5.41) is 0. The monoisotopic (exact) mass is 314 g/mol. The van der Waals surface area contributed by atoms with Gasteiger partial charge >= 0.3 is 0 Å². The Morgan fingerprint density at radius 2 is 2.09 bits per heavy atom. The van der Waals surface area contributed by atoms with E-state index in [2.05, 4.69) is 15.0 Å². The zero-order chi connectivity index (χ0) is 17.0. The van der Waals surface area contributed by atoms with Crippen LogP contribution in [0.2, 0.25) is 0 Å². The maximum absolute atomic E-state index is 12.4. The summed E-state index contributed by atoms with van der Waals surface area (Å²) < 4.78 is 0. The predicted octanol–water partition coefficient (Wildman–Crippen LogP) is 1.94. The molecule has 0 saturated carbocycles. The van der Waals surface area contributed by atoms with Crippen molar-refractivity contribution in [3.63, 3.8) is 0 Å². The molecule has 0 bridgehead atoms. The molecule has 0 fully saturated rings. The minimum Gasteiger partial charge on any atom is -0.340 e. The van der Waals surface area contributed by atoms with Gasteiger partial charge in [0.05, 0.1) is 6.42 Å². The number of hydrogen-bond donors (Lipinski definition) is 1. The molecule has 0 aliphatic rings. The number of pyridine rings is 1. The number of aromatic nitrogens is 3. The lowest BCUT2D eigenvalue weighted by Crippen LogP contribution is -2.39. The van der Waals surface area contributed by atoms with Gasteiger partial charge in [-0.1, -0.05) is 6.07 Å². The topological polar surface area (TPSA) is 79.0 Å². The second-order valence-electron chi connectivity index (χ2n) is 5.64. The summed E-state index contributed by atoms with van der Waals surface area (Å²) in [7, 11) is 0. The third-order valence-electron chi connectivity index (χ3n) is 3.74. The molecule has 0 atom stereocenters. The lowest BCUT2D eigenvalue weighted by atomic mass is 10.1. The molecule has 2 aromatic heterocycles. The van der Waals surface area contributed by atoms with Crippen LogP contribution >= 0.6 is 0 Å². The Labute approximate surface area is 135 Å². The molecule has 0 aromatic carbocycles. The van der Waals surface area contributed by atoms with Crippen LogP contribution in [0.4, 0.5) is 0 Å². The van der Waals surface area contributed by atoms with E-state index in [0.717, 1.165) is 0 Å². The maximum Gasteiger partial charge on any atom is 0.255 e. The van der Waals surface area contributed by atoms with Crippen LogP contribution in [-0.4, -0.2) is 38.3 Å². The highest BCUT2D eigenvalue weighted by Crippen LogP contribution is 2.12. The van der Waals surface area contributed by atoms with E-state index < -0.39 is 0 Å². The van der Waals surface area contributed by atoms with Gasteiger partial charge in [-0.3, -0.25) is 14.6 Å². The molecule has 0 aliphatic carbocycles. The van der Waals surface area contributed by atoms with Gasteiger partial charge in [0.15, 0.2) is 5.82 Å². The second kappa shape index (κ2) is 7.17. The van der Waals surface area contributed by atoms with E-state index in [1.165, 1.54) is 0 Å². The molecule has 6 nitrogen and oxygen atoms in total. The number of aromatic amines is 1. The number of likely N-dealkylation sites (N-methyl/N-ethyl adjacent to an activating group) is 1. The van der Waals surface area contributed by atoms with Gasteiger partial charge in [0.1, 0.15) is 5.69 Å². The molecular weight excluding hydrogens is 292 g/mol. The summed E-state index contributed by atoms with van der Waals surface area (Å²) in [6.07, 6.45) is 1.70. The molecule has 1 N–H and O–H groups in total. The number of nitrogens with zero attached hydrogens (tertiary/aromatic N) is 3. The number of H-pyrrole nitrogens is 1. The summed E-state index contributed by atoms with van der Waals surface area (Å²) in [5.74, 6) is 0.351. The average molecular weight is 314 g/mol. The van der Waals surface area contributed by atoms with Gasteiger partial charge in [-0.15, -0.1) is 0 Å². The number of rotatable bonds is 5. The minimum absolute atomic E-state index is 0.0582. The van der Waals surface area contributed by atoms with Gasteiger partial charge < -0.3 is 9.88 Å². The van der Waals surface area contributed by atoms with Gasteiger partial charge in [0.25, 0.3) is 5.56 Å². The largest absolute Gasteiger partial charge is 0.340 e. The highest BCUT2D eigenvalue weighted by molar-refractivity contribution is 5.79. The highest BCUT2D eigenvalue weighted by atomic mass is 16.2. The Bertz CT molecular complexity index is 738. The predicted molar refractivity (Wildman–Crippen MR) is 89.1 cm³/mol. The van der Waals surface area contributed by atoms with Crippen LogP contribution in [-0.2, 0) is 11.2 Å². The first kappa shape index (κ1) is 16.9. The maximum atomic E-state index is 12.4. The van der Waals surface area contributed by atoms with E-state index in [1.54, 1.807) is 30.2 Å². The van der Waals surface area contributed by atoms with E-state index in [0.29, 0.717) is 29.3 Å². The Balaban J connectivity index is 2.32. The van der Waals surface area contributed by atoms with Gasteiger partial charge in [0.2, 0.25) is 5.91 Å². The fraction of sp³-hybridized carbons (Fsp3) is 0.412. The Morgan fingerprint density at radius 3 is 2.61 bits per heavy atom. The zero-order valence-corrected chi connectivity index (χ0v) is 14.0. The molecule has 1 amide bonds. The molecule has 0 aliphatic heterocycles. The van der Waals surface area contributed by atoms with Crippen LogP contribution < -0.4 is 5.56 Å². The lowest BCUT2D eigenvalue weighted by Gasteiger charge is -2.25. The van der Waals surface area contributed by atoms with Crippen molar-refractivity contribution in [1.29, 1.82) is 0 Å². The Kier molecular flexibility index (Phi) is 5.26. The SMILES string of the molecule is CCN(C(=O)Cc1c(C)nc(-c2ccccn2)[nH]c1=O)C(C)C. The first-order valence-corrected chi connectivity index (χ1v) is 7.74. The smallest absolute Gasteiger partial charge is 0.255 e. The number of carbonyl (C=O) groups is 1. The molecular formula is C17H22N4O2. The van der Waals surface area contributed by atoms with E-state index >= 15 is 0 Å². The van der Waals surface area contributed by atoms with Crippen LogP contribution in [0.1, 0.15) is 32.0 Å². The molecule has 2 aromatic rings. The molecule has 0 unspecified atom stereocenters. The third kappa shape index (κ3) is 3.83. The fourth-order valence-electron chi connectivity index (χ4n) is 2.53. The molecule has 23 heavy (non-hydrogen) atoms. The molecule has 0 radical (unpaired) electrons. The van der Waals surface area contributed by atoms with Crippen LogP contribution in [0.5, 0.6) is 0 Å². The number of amides is 1. The minimum atomic E-state index is -0.286. The average Bonchev–Trinajstić information content (AvgIpc) is 2.52. The summed E-state index contributed by atoms with van der Waals surface area (Å²) in [6, 6.07) is 5.51. The molecule has 0 saturated heterocycles. The number of carbonyl (C=O) groups excluding carboxylic acids is 1. The van der Waals surface area contributed by atoms with Crippen LogP contribution in [0.3, 0.4) is 0 Å². The Hall–Kier alpha value is -2.50. The van der Waals surface area contributed by atoms with Crippen molar-refractivity contribution in [1.82, 2.24) is 19.9 Å². The summed E-state index contributed by atoms with van der Waals surface area (Å²) >= 11 is 0. The Morgan fingerprint density at radius 1 is 1.35 bits per heavy atom. The van der Waals surface area contributed by atoms with Gasteiger partial charge in [-0.2, -0.15) is 0 Å². The summed E-state index contributed by atoms with van der Waals surface area (Å²) in [5.41, 5.74) is 1.28. The van der Waals surface area contributed by atoms with Crippen LogP contribution in [0.15, 0.2) is 29.2 Å². The first-order valence-electron chi connectivity index (χ1n) is 7.74. The standard InChI is InChI=1S/C17H22N4O2/c1-5-21(11(2)3)15(22)10-13-12(4)19-16(20-17(13)23)14-8-6-7-9-18-14/h6-9,11H,5,10H2,1-4H3,(H,19,20,23). The van der Waals surface area contributed by atoms with Crippen molar-refractivity contribution in [2.45, 2.75) is 40.2 Å². The number of aryl methyl sites for hydroxylation is 1. The van der Waals surface area contributed by atoms with Gasteiger partial charge in [-0.05, 0) is 39.8 Å². The fourth-order valence-corrected chi connectivity index (χ4v) is 2.53. The molecule has 2 heterocycles. The van der Waals surface area contributed by atoms with E-state index in [-0.39, 0.29) is 23.9 Å². The second-order valence-corrected chi connectivity index (χ2v) is 5.64. The van der Waals surface area contributed by atoms with Crippen molar-refractivity contribution >= 4 is 5.91 Å². The first-order chi connectivity index (χ1) is 10.9. The van der Waals surface area contributed by atoms with Crippen molar-refractivity contribution < 1.29 is 4.79 Å². The summed E-state index contributed by atoms with van der Waals surface area (Å²) in [6.45, 7) is 8.21. The molecule has 122 valence electrons. The third-order valence-corrected chi connectivity index (χ3v) is 3.74. The van der Waals surface area contributed by atoms with Crippen molar-refractivity contribution in [2.24, 2.45) is 0 Å². The zero-order valence-electron chi connectivity index (χ0n) is 14.0. The lowest BCUT2D eigenvalue weighted by molar-refractivity contribution is -0.131. The van der Waals surface area contributed by atoms with Gasteiger partial charge in [-0.25, -0.2) is 4.98 Å². The number of hydrogen-bond acceptors (Lipinski definition) is 4.